The normalized spacial score (nSPS) is 20.9. The molecule has 3 rings (SSSR count). The van der Waals surface area contributed by atoms with Crippen molar-refractivity contribution in [3.05, 3.63) is 40.1 Å². The molecule has 2 fully saturated rings. The van der Waals surface area contributed by atoms with Crippen molar-refractivity contribution in [1.82, 2.24) is 5.32 Å². The lowest BCUT2D eigenvalue weighted by Gasteiger charge is -2.34. The van der Waals surface area contributed by atoms with Crippen molar-refractivity contribution in [3.8, 4) is 0 Å². The molecule has 1 saturated heterocycles. The zero-order valence-corrected chi connectivity index (χ0v) is 13.5. The fraction of sp³-hybridized carbons (Fsp3) is 0.438. The molecule has 0 unspecified atom stereocenters. The lowest BCUT2D eigenvalue weighted by atomic mass is 9.94. The molecule has 0 bridgehead atoms. The molecule has 1 aromatic carbocycles. The van der Waals surface area contributed by atoms with Crippen LogP contribution in [0.5, 0.6) is 0 Å². The average molecular weight is 335 g/mol. The van der Waals surface area contributed by atoms with E-state index in [-0.39, 0.29) is 5.91 Å². The number of nitrogens with one attached hydrogen (secondary N) is 1. The first-order valence-corrected chi connectivity index (χ1v) is 7.82. The van der Waals surface area contributed by atoms with Gasteiger partial charge in [0.15, 0.2) is 0 Å². The van der Waals surface area contributed by atoms with Crippen LogP contribution in [0, 0.1) is 13.8 Å². The van der Waals surface area contributed by atoms with E-state index in [1.165, 1.54) is 11.1 Å². The summed E-state index contributed by atoms with van der Waals surface area (Å²) in [5.74, 6) is 0.816. The summed E-state index contributed by atoms with van der Waals surface area (Å²) in [6.45, 7) is 8.20. The number of hydrogen-bond donors (Lipinski definition) is 1. The number of aryl methyl sites for hydroxylation is 2. The summed E-state index contributed by atoms with van der Waals surface area (Å²) in [5, 5.41) is 2.93. The van der Waals surface area contributed by atoms with E-state index < -0.39 is 5.54 Å². The molecule has 0 aromatic heterocycles. The molecule has 1 spiro atoms. The van der Waals surface area contributed by atoms with Crippen molar-refractivity contribution in [3.63, 3.8) is 0 Å². The minimum absolute atomic E-state index is 0.109. The van der Waals surface area contributed by atoms with E-state index in [4.69, 9.17) is 0 Å². The number of hydrogen-bond acceptors (Lipinski definition) is 2. The predicted molar refractivity (Wildman–Crippen MR) is 84.6 cm³/mol. The minimum atomic E-state index is -0.413. The van der Waals surface area contributed by atoms with Gasteiger partial charge in [0.1, 0.15) is 11.4 Å². The predicted octanol–water partition coefficient (Wildman–Crippen LogP) is 3.79. The molecule has 106 valence electrons. The number of halogens is 1. The van der Waals surface area contributed by atoms with Crippen LogP contribution in [-0.2, 0) is 4.79 Å². The molecule has 1 amide bonds. The highest BCUT2D eigenvalue weighted by atomic mass is 79.9. The van der Waals surface area contributed by atoms with Gasteiger partial charge in [-0.05, 0) is 49.9 Å². The summed E-state index contributed by atoms with van der Waals surface area (Å²) in [5.41, 5.74) is 3.01. The second kappa shape index (κ2) is 4.62. The molecule has 2 aliphatic rings. The van der Waals surface area contributed by atoms with E-state index in [2.05, 4.69) is 58.7 Å². The molecule has 1 aliphatic heterocycles. The molecule has 0 atom stereocenters. The quantitative estimate of drug-likeness (QED) is 0.847. The van der Waals surface area contributed by atoms with Gasteiger partial charge in [-0.2, -0.15) is 0 Å². The first-order chi connectivity index (χ1) is 9.45. The molecule has 0 radical (unpaired) electrons. The van der Waals surface area contributed by atoms with E-state index in [0.29, 0.717) is 5.82 Å². The number of carbonyl (C=O) groups excluding carboxylic acids is 1. The number of rotatable bonds is 1. The van der Waals surface area contributed by atoms with Gasteiger partial charge < -0.3 is 10.2 Å². The largest absolute Gasteiger partial charge is 0.313 e. The van der Waals surface area contributed by atoms with Crippen LogP contribution in [0.4, 0.5) is 5.69 Å². The third kappa shape index (κ3) is 1.81. The van der Waals surface area contributed by atoms with Crippen LogP contribution >= 0.6 is 15.9 Å². The smallest absolute Gasteiger partial charge is 0.251 e. The van der Waals surface area contributed by atoms with E-state index in [0.717, 1.165) is 35.8 Å². The fourth-order valence-corrected chi connectivity index (χ4v) is 3.76. The zero-order valence-electron chi connectivity index (χ0n) is 11.9. The maximum absolute atomic E-state index is 12.4. The molecular weight excluding hydrogens is 316 g/mol. The third-order valence-electron chi connectivity index (χ3n) is 4.49. The van der Waals surface area contributed by atoms with Crippen molar-refractivity contribution in [1.29, 1.82) is 0 Å². The highest BCUT2D eigenvalue weighted by Crippen LogP contribution is 2.44. The van der Waals surface area contributed by atoms with E-state index in [1.807, 2.05) is 0 Å². The van der Waals surface area contributed by atoms with Crippen molar-refractivity contribution in [2.24, 2.45) is 0 Å². The average Bonchev–Trinajstić information content (AvgIpc) is 2.94. The second-order valence-electron chi connectivity index (χ2n) is 5.87. The Hall–Kier alpha value is -1.29. The monoisotopic (exact) mass is 334 g/mol. The van der Waals surface area contributed by atoms with Crippen LogP contribution in [0.25, 0.3) is 0 Å². The van der Waals surface area contributed by atoms with Crippen LogP contribution in [0.2, 0.25) is 0 Å². The highest BCUT2D eigenvalue weighted by molar-refractivity contribution is 9.10. The van der Waals surface area contributed by atoms with Crippen LogP contribution in [0.1, 0.15) is 36.8 Å². The lowest BCUT2D eigenvalue weighted by Crippen LogP contribution is -2.46. The van der Waals surface area contributed by atoms with E-state index >= 15 is 0 Å². The first-order valence-electron chi connectivity index (χ1n) is 7.03. The number of carbonyl (C=O) groups is 1. The van der Waals surface area contributed by atoms with Gasteiger partial charge in [0.2, 0.25) is 0 Å². The minimum Gasteiger partial charge on any atom is -0.313 e. The van der Waals surface area contributed by atoms with E-state index in [1.54, 1.807) is 0 Å². The number of anilines is 1. The van der Waals surface area contributed by atoms with Gasteiger partial charge in [-0.3, -0.25) is 4.79 Å². The molecule has 1 N–H and O–H groups in total. The SMILES string of the molecule is C=C1NC(=O)C2(CCCC2)N1c1cc(C)c(Br)c(C)c1. The summed E-state index contributed by atoms with van der Waals surface area (Å²) in [6.07, 6.45) is 4.02. The Kier molecular flexibility index (Phi) is 3.16. The lowest BCUT2D eigenvalue weighted by molar-refractivity contribution is -0.123. The third-order valence-corrected chi connectivity index (χ3v) is 5.74. The van der Waals surface area contributed by atoms with Gasteiger partial charge in [-0.1, -0.05) is 35.4 Å². The van der Waals surface area contributed by atoms with Crippen molar-refractivity contribution in [2.75, 3.05) is 4.90 Å². The maximum atomic E-state index is 12.4. The van der Waals surface area contributed by atoms with Gasteiger partial charge in [0.25, 0.3) is 5.91 Å². The second-order valence-corrected chi connectivity index (χ2v) is 6.66. The summed E-state index contributed by atoms with van der Waals surface area (Å²) in [4.78, 5) is 14.5. The van der Waals surface area contributed by atoms with Crippen LogP contribution in [-0.4, -0.2) is 11.4 Å². The van der Waals surface area contributed by atoms with Gasteiger partial charge in [-0.25, -0.2) is 0 Å². The Morgan fingerprint density at radius 1 is 1.25 bits per heavy atom. The van der Waals surface area contributed by atoms with Crippen LogP contribution < -0.4 is 10.2 Å². The molecular formula is C16H19BrN2O. The Morgan fingerprint density at radius 2 is 1.80 bits per heavy atom. The number of benzene rings is 1. The Morgan fingerprint density at radius 3 is 2.35 bits per heavy atom. The van der Waals surface area contributed by atoms with Crippen molar-refractivity contribution >= 4 is 27.5 Å². The molecule has 1 aliphatic carbocycles. The van der Waals surface area contributed by atoms with Crippen molar-refractivity contribution in [2.45, 2.75) is 45.1 Å². The highest BCUT2D eigenvalue weighted by Gasteiger charge is 2.52. The number of amides is 1. The summed E-state index contributed by atoms with van der Waals surface area (Å²) >= 11 is 3.60. The van der Waals surface area contributed by atoms with Crippen LogP contribution in [0.3, 0.4) is 0 Å². The molecule has 3 nitrogen and oxygen atoms in total. The standard InChI is InChI=1S/C16H19BrN2O/c1-10-8-13(9-11(2)14(10)17)19-12(3)18-15(20)16(19)6-4-5-7-16/h8-9H,3-7H2,1-2H3,(H,18,20). The molecule has 1 saturated carbocycles. The fourth-order valence-electron chi connectivity index (χ4n) is 3.53. The topological polar surface area (TPSA) is 32.3 Å². The van der Waals surface area contributed by atoms with Gasteiger partial charge in [-0.15, -0.1) is 0 Å². The molecule has 20 heavy (non-hydrogen) atoms. The Balaban J connectivity index is 2.12. The van der Waals surface area contributed by atoms with Gasteiger partial charge in [0, 0.05) is 10.2 Å². The summed E-state index contributed by atoms with van der Waals surface area (Å²) < 4.78 is 1.13. The van der Waals surface area contributed by atoms with Crippen molar-refractivity contribution < 1.29 is 4.79 Å². The Labute approximate surface area is 128 Å². The zero-order chi connectivity index (χ0) is 14.5. The number of nitrogens with zero attached hydrogens (tertiary/aromatic N) is 1. The maximum Gasteiger partial charge on any atom is 0.251 e. The molecule has 1 heterocycles. The van der Waals surface area contributed by atoms with Gasteiger partial charge in [0.05, 0.1) is 0 Å². The summed E-state index contributed by atoms with van der Waals surface area (Å²) in [7, 11) is 0. The Bertz CT molecular complexity index is 579. The first kappa shape index (κ1) is 13.7. The van der Waals surface area contributed by atoms with E-state index in [9.17, 15) is 4.79 Å². The van der Waals surface area contributed by atoms with Crippen LogP contribution in [0.15, 0.2) is 29.0 Å². The van der Waals surface area contributed by atoms with Gasteiger partial charge >= 0.3 is 0 Å². The summed E-state index contributed by atoms with van der Waals surface area (Å²) in [6, 6.07) is 4.26. The molecule has 4 heteroatoms. The molecule has 1 aromatic rings.